The van der Waals surface area contributed by atoms with Crippen molar-refractivity contribution in [3.05, 3.63) is 0 Å². The maximum absolute atomic E-state index is 8.81. The van der Waals surface area contributed by atoms with E-state index in [1.54, 1.807) is 4.90 Å². The lowest BCUT2D eigenvalue weighted by molar-refractivity contribution is -0.900. The molecule has 74 valence electrons. The minimum absolute atomic E-state index is 0.336. The Morgan fingerprint density at radius 3 is 1.75 bits per heavy atom. The average Bonchev–Trinajstić information content (AvgIpc) is 2.10. The molecule has 0 radical (unpaired) electrons. The molecule has 0 aromatic heterocycles. The van der Waals surface area contributed by atoms with Crippen LogP contribution in [0.4, 0.5) is 0 Å². The monoisotopic (exact) mass is 174 g/mol. The van der Waals surface area contributed by atoms with Gasteiger partial charge in [-0.15, -0.1) is 0 Å². The van der Waals surface area contributed by atoms with Gasteiger partial charge in [0, 0.05) is 0 Å². The van der Waals surface area contributed by atoms with E-state index >= 15 is 0 Å². The molecule has 2 heteroatoms. The van der Waals surface area contributed by atoms with Gasteiger partial charge in [0.15, 0.2) is 0 Å². The van der Waals surface area contributed by atoms with Gasteiger partial charge in [-0.05, 0) is 12.8 Å². The molecule has 0 atom stereocenters. The number of aliphatic hydroxyl groups excluding tert-OH is 1. The zero-order valence-corrected chi connectivity index (χ0v) is 8.60. The fourth-order valence-electron chi connectivity index (χ4n) is 1.39. The van der Waals surface area contributed by atoms with Gasteiger partial charge in [-0.1, -0.05) is 26.7 Å². The highest BCUT2D eigenvalue weighted by Crippen LogP contribution is 1.82. The Kier molecular flexibility index (Phi) is 8.95. The first-order valence-corrected chi connectivity index (χ1v) is 5.29. The van der Waals surface area contributed by atoms with E-state index in [9.17, 15) is 0 Å². The molecule has 0 amide bonds. The molecule has 0 aromatic rings. The predicted molar refractivity (Wildman–Crippen MR) is 52.5 cm³/mol. The summed E-state index contributed by atoms with van der Waals surface area (Å²) < 4.78 is 0. The van der Waals surface area contributed by atoms with Crippen LogP contribution in [0.2, 0.25) is 0 Å². The summed E-state index contributed by atoms with van der Waals surface area (Å²) in [6.07, 6.45) is 5.11. The minimum atomic E-state index is 0.336. The van der Waals surface area contributed by atoms with Gasteiger partial charge in [0.05, 0.1) is 19.7 Å². The van der Waals surface area contributed by atoms with Gasteiger partial charge in [-0.25, -0.2) is 0 Å². The van der Waals surface area contributed by atoms with Crippen LogP contribution in [-0.2, 0) is 0 Å². The molecule has 2 nitrogen and oxygen atoms in total. The summed E-state index contributed by atoms with van der Waals surface area (Å²) in [5.74, 6) is 0. The third-order valence-corrected chi connectivity index (χ3v) is 2.23. The number of hydrogen-bond acceptors (Lipinski definition) is 1. The number of hydrogen-bond donors (Lipinski definition) is 2. The number of aliphatic hydroxyl groups is 1. The molecule has 0 saturated heterocycles. The smallest absolute Gasteiger partial charge is 0.101 e. The Morgan fingerprint density at radius 1 is 0.917 bits per heavy atom. The standard InChI is InChI=1S/C10H23NO/c1-3-5-7-11(9-10-12)8-6-4-2/h12H,3-10H2,1-2H3/p+1. The molecule has 0 saturated carbocycles. The molecule has 0 spiro atoms. The van der Waals surface area contributed by atoms with Crippen LogP contribution in [0.5, 0.6) is 0 Å². The summed E-state index contributed by atoms with van der Waals surface area (Å²) in [7, 11) is 0. The lowest BCUT2D eigenvalue weighted by atomic mass is 10.2. The molecular formula is C10H24NO+. The highest BCUT2D eigenvalue weighted by Gasteiger charge is 2.04. The Balaban J connectivity index is 3.40. The third kappa shape index (κ3) is 6.62. The van der Waals surface area contributed by atoms with Gasteiger partial charge < -0.3 is 10.0 Å². The van der Waals surface area contributed by atoms with Crippen LogP contribution in [0.15, 0.2) is 0 Å². The first kappa shape index (κ1) is 11.9. The topological polar surface area (TPSA) is 24.7 Å². The summed E-state index contributed by atoms with van der Waals surface area (Å²) in [5.41, 5.74) is 0. The largest absolute Gasteiger partial charge is 0.391 e. The van der Waals surface area contributed by atoms with Gasteiger partial charge in [0.2, 0.25) is 0 Å². The van der Waals surface area contributed by atoms with Crippen LogP contribution in [-0.4, -0.2) is 31.3 Å². The van der Waals surface area contributed by atoms with E-state index in [2.05, 4.69) is 13.8 Å². The fourth-order valence-corrected chi connectivity index (χ4v) is 1.39. The maximum atomic E-state index is 8.81. The van der Waals surface area contributed by atoms with Crippen molar-refractivity contribution in [2.45, 2.75) is 39.5 Å². The highest BCUT2D eigenvalue weighted by molar-refractivity contribution is 4.35. The summed E-state index contributed by atoms with van der Waals surface area (Å²) in [6, 6.07) is 0. The zero-order chi connectivity index (χ0) is 9.23. The quantitative estimate of drug-likeness (QED) is 0.549. The van der Waals surface area contributed by atoms with E-state index in [0.717, 1.165) is 6.54 Å². The molecule has 0 aliphatic rings. The van der Waals surface area contributed by atoms with Crippen LogP contribution in [0.25, 0.3) is 0 Å². The lowest BCUT2D eigenvalue weighted by Crippen LogP contribution is -3.12. The van der Waals surface area contributed by atoms with E-state index in [4.69, 9.17) is 5.11 Å². The van der Waals surface area contributed by atoms with Crippen molar-refractivity contribution >= 4 is 0 Å². The molecule has 0 rings (SSSR count). The Morgan fingerprint density at radius 2 is 1.42 bits per heavy atom. The predicted octanol–water partition coefficient (Wildman–Crippen LogP) is 0.464. The van der Waals surface area contributed by atoms with Crippen molar-refractivity contribution in [1.82, 2.24) is 0 Å². The van der Waals surface area contributed by atoms with Crippen LogP contribution in [0.1, 0.15) is 39.5 Å². The maximum Gasteiger partial charge on any atom is 0.101 e. The molecule has 0 heterocycles. The summed E-state index contributed by atoms with van der Waals surface area (Å²) in [4.78, 5) is 1.57. The third-order valence-electron chi connectivity index (χ3n) is 2.23. The van der Waals surface area contributed by atoms with E-state index in [1.165, 1.54) is 38.8 Å². The molecule has 2 N–H and O–H groups in total. The second-order valence-electron chi connectivity index (χ2n) is 3.43. The normalized spacial score (nSPS) is 11.0. The fraction of sp³-hybridized carbons (Fsp3) is 1.00. The Hall–Kier alpha value is -0.0800. The molecule has 0 aliphatic heterocycles. The SMILES string of the molecule is CCCC[NH+](CCO)CCCC. The van der Waals surface area contributed by atoms with Gasteiger partial charge >= 0.3 is 0 Å². The van der Waals surface area contributed by atoms with Crippen molar-refractivity contribution in [3.8, 4) is 0 Å². The van der Waals surface area contributed by atoms with E-state index < -0.39 is 0 Å². The van der Waals surface area contributed by atoms with Crippen molar-refractivity contribution < 1.29 is 10.0 Å². The average molecular weight is 174 g/mol. The van der Waals surface area contributed by atoms with Gasteiger partial charge in [-0.2, -0.15) is 0 Å². The summed E-state index contributed by atoms with van der Waals surface area (Å²) in [6.45, 7) is 8.17. The first-order valence-electron chi connectivity index (χ1n) is 5.29. The van der Waals surface area contributed by atoms with E-state index in [1.807, 2.05) is 0 Å². The number of nitrogens with one attached hydrogen (secondary N) is 1. The van der Waals surface area contributed by atoms with Gasteiger partial charge in [0.25, 0.3) is 0 Å². The van der Waals surface area contributed by atoms with Gasteiger partial charge in [-0.3, -0.25) is 0 Å². The second kappa shape index (κ2) is 9.01. The minimum Gasteiger partial charge on any atom is -0.391 e. The first-order chi connectivity index (χ1) is 5.85. The molecule has 0 unspecified atom stereocenters. The lowest BCUT2D eigenvalue weighted by Gasteiger charge is -2.17. The number of rotatable bonds is 8. The summed E-state index contributed by atoms with van der Waals surface area (Å²) in [5, 5.41) is 8.81. The van der Waals surface area contributed by atoms with Crippen LogP contribution in [0.3, 0.4) is 0 Å². The van der Waals surface area contributed by atoms with Crippen molar-refractivity contribution in [3.63, 3.8) is 0 Å². The van der Waals surface area contributed by atoms with Crippen molar-refractivity contribution in [1.29, 1.82) is 0 Å². The van der Waals surface area contributed by atoms with E-state index in [0.29, 0.717) is 6.61 Å². The molecule has 0 aliphatic carbocycles. The number of quaternary nitrogens is 1. The van der Waals surface area contributed by atoms with Crippen molar-refractivity contribution in [2.75, 3.05) is 26.2 Å². The van der Waals surface area contributed by atoms with Crippen LogP contribution in [0, 0.1) is 0 Å². The molecule has 12 heavy (non-hydrogen) atoms. The molecule has 0 fully saturated rings. The number of unbranched alkanes of at least 4 members (excludes halogenated alkanes) is 2. The second-order valence-corrected chi connectivity index (χ2v) is 3.43. The highest BCUT2D eigenvalue weighted by atomic mass is 16.3. The van der Waals surface area contributed by atoms with Crippen molar-refractivity contribution in [2.24, 2.45) is 0 Å². The van der Waals surface area contributed by atoms with Crippen LogP contribution >= 0.6 is 0 Å². The molecule has 0 aromatic carbocycles. The Bertz CT molecular complexity index is 77.9. The zero-order valence-electron chi connectivity index (χ0n) is 8.60. The molecule has 0 bridgehead atoms. The molecular weight excluding hydrogens is 150 g/mol. The summed E-state index contributed by atoms with van der Waals surface area (Å²) >= 11 is 0. The van der Waals surface area contributed by atoms with E-state index in [-0.39, 0.29) is 0 Å². The van der Waals surface area contributed by atoms with Gasteiger partial charge in [0.1, 0.15) is 6.54 Å². The Labute approximate surface area is 76.6 Å². The van der Waals surface area contributed by atoms with Crippen LogP contribution < -0.4 is 4.90 Å².